The number of hydrogen-bond acceptors (Lipinski definition) is 6. The third-order valence-electron chi connectivity index (χ3n) is 4.73. The van der Waals surface area contributed by atoms with E-state index in [1.54, 1.807) is 23.1 Å². The second-order valence-corrected chi connectivity index (χ2v) is 9.51. The molecule has 10 heteroatoms. The molecule has 29 heavy (non-hydrogen) atoms. The molecule has 1 amide bonds. The van der Waals surface area contributed by atoms with Crippen LogP contribution in [0.5, 0.6) is 5.75 Å². The van der Waals surface area contributed by atoms with Crippen LogP contribution >= 0.6 is 11.3 Å². The van der Waals surface area contributed by atoms with Gasteiger partial charge in [0.15, 0.2) is 6.61 Å². The fourth-order valence-corrected chi connectivity index (χ4v) is 5.47. The number of ether oxygens (including phenoxy) is 1. The highest BCUT2D eigenvalue weighted by molar-refractivity contribution is 7.89. The molecule has 8 nitrogen and oxygen atoms in total. The van der Waals surface area contributed by atoms with Gasteiger partial charge in [0, 0.05) is 26.2 Å². The highest BCUT2D eigenvalue weighted by Crippen LogP contribution is 2.23. The summed E-state index contributed by atoms with van der Waals surface area (Å²) in [5.41, 5.74) is 0.618. The van der Waals surface area contributed by atoms with Crippen LogP contribution in [0.1, 0.15) is 0 Å². The Morgan fingerprint density at radius 1 is 1.07 bits per heavy atom. The highest BCUT2D eigenvalue weighted by Gasteiger charge is 2.30. The molecular weight excluding hydrogens is 414 g/mol. The summed E-state index contributed by atoms with van der Waals surface area (Å²) in [6.45, 7) is 0.938. The normalized spacial score (nSPS) is 15.5. The minimum absolute atomic E-state index is 0.0835. The maximum Gasteiger partial charge on any atom is 0.305 e. The van der Waals surface area contributed by atoms with E-state index in [9.17, 15) is 18.0 Å². The summed E-state index contributed by atoms with van der Waals surface area (Å²) in [7, 11) is -3.69. The molecule has 1 aliphatic rings. The third kappa shape index (κ3) is 4.19. The second-order valence-electron chi connectivity index (χ2n) is 6.56. The minimum Gasteiger partial charge on any atom is -0.484 e. The summed E-state index contributed by atoms with van der Waals surface area (Å²) in [5, 5.41) is 0. The topological polar surface area (TPSA) is 99.8 Å². The number of amides is 1. The van der Waals surface area contributed by atoms with Crippen molar-refractivity contribution >= 4 is 37.5 Å². The number of carbonyl (C=O) groups excluding carboxylic acids is 1. The smallest absolute Gasteiger partial charge is 0.305 e. The number of sulfonamides is 1. The van der Waals surface area contributed by atoms with Gasteiger partial charge in [-0.2, -0.15) is 4.31 Å². The molecule has 4 rings (SSSR count). The number of thiazole rings is 1. The lowest BCUT2D eigenvalue weighted by Crippen LogP contribution is -2.51. The van der Waals surface area contributed by atoms with Crippen LogP contribution in [0.2, 0.25) is 0 Å². The molecule has 0 aliphatic carbocycles. The van der Waals surface area contributed by atoms with E-state index < -0.39 is 10.0 Å². The predicted octanol–water partition coefficient (Wildman–Crippen LogP) is 1.50. The lowest BCUT2D eigenvalue weighted by Gasteiger charge is -2.34. The summed E-state index contributed by atoms with van der Waals surface area (Å²) >= 11 is 0.976. The number of hydrogen-bond donors (Lipinski definition) is 1. The molecule has 2 aromatic carbocycles. The minimum atomic E-state index is -3.69. The lowest BCUT2D eigenvalue weighted by atomic mass is 10.3. The van der Waals surface area contributed by atoms with E-state index in [0.717, 1.165) is 11.3 Å². The number of nitrogens with zero attached hydrogens (tertiary/aromatic N) is 2. The maximum atomic E-state index is 12.9. The number of para-hydroxylation sites is 1. The van der Waals surface area contributed by atoms with Crippen molar-refractivity contribution in [3.63, 3.8) is 0 Å². The highest BCUT2D eigenvalue weighted by atomic mass is 32.2. The second kappa shape index (κ2) is 7.97. The zero-order chi connectivity index (χ0) is 20.4. The van der Waals surface area contributed by atoms with Crippen LogP contribution in [0.15, 0.2) is 58.2 Å². The molecule has 152 valence electrons. The number of rotatable bonds is 5. The number of carbonyl (C=O) groups is 1. The van der Waals surface area contributed by atoms with Crippen LogP contribution in [0.4, 0.5) is 0 Å². The summed E-state index contributed by atoms with van der Waals surface area (Å²) in [6, 6.07) is 13.7. The average Bonchev–Trinajstić information content (AvgIpc) is 3.12. The molecule has 1 aromatic heterocycles. The zero-order valence-corrected chi connectivity index (χ0v) is 17.0. The Labute approximate surface area is 171 Å². The largest absolute Gasteiger partial charge is 0.484 e. The Morgan fingerprint density at radius 3 is 2.52 bits per heavy atom. The Morgan fingerprint density at radius 2 is 1.79 bits per heavy atom. The Kier molecular flexibility index (Phi) is 5.39. The average molecular weight is 434 g/mol. The SMILES string of the molecule is O=C(COc1ccccc1)N1CCN(S(=O)(=O)c2ccc3[nH]c(=O)sc3c2)CC1. The number of benzene rings is 2. The van der Waals surface area contributed by atoms with Gasteiger partial charge in [-0.25, -0.2) is 8.42 Å². The molecule has 1 N–H and O–H groups in total. The van der Waals surface area contributed by atoms with Crippen LogP contribution < -0.4 is 9.61 Å². The third-order valence-corrected chi connectivity index (χ3v) is 7.47. The van der Waals surface area contributed by atoms with Crippen molar-refractivity contribution < 1.29 is 17.9 Å². The molecule has 2 heterocycles. The van der Waals surface area contributed by atoms with E-state index in [1.807, 2.05) is 18.2 Å². The van der Waals surface area contributed by atoms with Gasteiger partial charge in [-0.1, -0.05) is 29.5 Å². The van der Waals surface area contributed by atoms with Crippen molar-refractivity contribution in [3.05, 3.63) is 58.2 Å². The first kappa shape index (κ1) is 19.6. The molecule has 0 spiro atoms. The Bertz CT molecular complexity index is 1180. The standard InChI is InChI=1S/C19H19N3O5S2/c23-18(13-27-14-4-2-1-3-5-14)21-8-10-22(11-9-21)29(25,26)15-6-7-16-17(12-15)28-19(24)20-16/h1-7,12H,8-11,13H2,(H,20,24). The maximum absolute atomic E-state index is 12.9. The number of H-pyrrole nitrogens is 1. The monoisotopic (exact) mass is 433 g/mol. The number of aromatic nitrogens is 1. The first-order chi connectivity index (χ1) is 13.9. The Hall–Kier alpha value is -2.69. The van der Waals surface area contributed by atoms with Crippen LogP contribution in [-0.2, 0) is 14.8 Å². The van der Waals surface area contributed by atoms with Crippen molar-refractivity contribution in [2.75, 3.05) is 32.8 Å². The van der Waals surface area contributed by atoms with Gasteiger partial charge in [0.2, 0.25) is 10.0 Å². The van der Waals surface area contributed by atoms with Crippen molar-refractivity contribution in [1.29, 1.82) is 0 Å². The first-order valence-electron chi connectivity index (χ1n) is 9.02. The van der Waals surface area contributed by atoms with Gasteiger partial charge in [0.25, 0.3) is 5.91 Å². The molecule has 0 radical (unpaired) electrons. The van der Waals surface area contributed by atoms with E-state index in [-0.39, 0.29) is 35.4 Å². The number of fused-ring (bicyclic) bond motifs is 1. The van der Waals surface area contributed by atoms with Crippen LogP contribution in [0.3, 0.4) is 0 Å². The summed E-state index contributed by atoms with van der Waals surface area (Å²) in [5.74, 6) is 0.439. The summed E-state index contributed by atoms with van der Waals surface area (Å²) in [6.07, 6.45) is 0. The molecule has 0 unspecified atom stereocenters. The number of nitrogens with one attached hydrogen (secondary N) is 1. The fraction of sp³-hybridized carbons (Fsp3) is 0.263. The molecule has 3 aromatic rings. The van der Waals surface area contributed by atoms with E-state index >= 15 is 0 Å². The first-order valence-corrected chi connectivity index (χ1v) is 11.3. The molecule has 0 atom stereocenters. The van der Waals surface area contributed by atoms with Crippen molar-refractivity contribution in [3.8, 4) is 5.75 Å². The van der Waals surface area contributed by atoms with Gasteiger partial charge in [-0.05, 0) is 30.3 Å². The van der Waals surface area contributed by atoms with Gasteiger partial charge >= 0.3 is 4.87 Å². The number of piperazine rings is 1. The zero-order valence-electron chi connectivity index (χ0n) is 15.4. The van der Waals surface area contributed by atoms with E-state index in [0.29, 0.717) is 29.1 Å². The molecule has 0 saturated carbocycles. The molecule has 0 bridgehead atoms. The van der Waals surface area contributed by atoms with E-state index in [2.05, 4.69) is 4.98 Å². The lowest BCUT2D eigenvalue weighted by molar-refractivity contribution is -0.134. The van der Waals surface area contributed by atoms with Crippen molar-refractivity contribution in [2.24, 2.45) is 0 Å². The quantitative estimate of drug-likeness (QED) is 0.657. The fourth-order valence-electron chi connectivity index (χ4n) is 3.17. The predicted molar refractivity (Wildman–Crippen MR) is 110 cm³/mol. The van der Waals surface area contributed by atoms with Crippen LogP contribution in [-0.4, -0.2) is 61.3 Å². The summed E-state index contributed by atoms with van der Waals surface area (Å²) in [4.78, 5) is 28.0. The van der Waals surface area contributed by atoms with Gasteiger partial charge in [-0.3, -0.25) is 9.59 Å². The molecule has 1 fully saturated rings. The Balaban J connectivity index is 1.38. The number of aromatic amines is 1. The van der Waals surface area contributed by atoms with Gasteiger partial charge < -0.3 is 14.6 Å². The van der Waals surface area contributed by atoms with Gasteiger partial charge in [-0.15, -0.1) is 0 Å². The van der Waals surface area contributed by atoms with Crippen molar-refractivity contribution in [2.45, 2.75) is 4.90 Å². The van der Waals surface area contributed by atoms with Gasteiger partial charge in [0.1, 0.15) is 5.75 Å². The van der Waals surface area contributed by atoms with Gasteiger partial charge in [0.05, 0.1) is 15.1 Å². The van der Waals surface area contributed by atoms with E-state index in [4.69, 9.17) is 4.74 Å². The molecule has 1 aliphatic heterocycles. The van der Waals surface area contributed by atoms with Crippen molar-refractivity contribution in [1.82, 2.24) is 14.2 Å². The van der Waals surface area contributed by atoms with E-state index in [1.165, 1.54) is 16.4 Å². The molecule has 1 saturated heterocycles. The van der Waals surface area contributed by atoms with Crippen LogP contribution in [0, 0.1) is 0 Å². The van der Waals surface area contributed by atoms with Crippen LogP contribution in [0.25, 0.3) is 10.2 Å². The molecular formula is C19H19N3O5S2. The summed E-state index contributed by atoms with van der Waals surface area (Å²) < 4.78 is 33.3.